The van der Waals surface area contributed by atoms with E-state index in [0.717, 1.165) is 34.3 Å². The minimum absolute atomic E-state index is 0.101. The molecule has 3 aromatic rings. The number of aryl methyl sites for hydroxylation is 1. The fraction of sp³-hybridized carbons (Fsp3) is 0.429. The third-order valence-electron chi connectivity index (χ3n) is 5.70. The van der Waals surface area contributed by atoms with Crippen molar-refractivity contribution in [1.82, 2.24) is 19.4 Å². The van der Waals surface area contributed by atoms with Gasteiger partial charge in [0.25, 0.3) is 5.91 Å². The number of amides is 1. The van der Waals surface area contributed by atoms with Gasteiger partial charge in [0.2, 0.25) is 10.0 Å². The second-order valence-electron chi connectivity index (χ2n) is 7.98. The molecule has 31 heavy (non-hydrogen) atoms. The van der Waals surface area contributed by atoms with Crippen molar-refractivity contribution in [2.75, 3.05) is 25.9 Å². The summed E-state index contributed by atoms with van der Waals surface area (Å²) in [7, 11) is -3.13. The van der Waals surface area contributed by atoms with E-state index in [0.29, 0.717) is 36.1 Å². The van der Waals surface area contributed by atoms with Gasteiger partial charge in [-0.05, 0) is 43.4 Å². The van der Waals surface area contributed by atoms with Crippen LogP contribution in [0.1, 0.15) is 33.8 Å². The van der Waals surface area contributed by atoms with E-state index in [-0.39, 0.29) is 11.8 Å². The lowest BCUT2D eigenvalue weighted by Gasteiger charge is -2.30. The van der Waals surface area contributed by atoms with Crippen LogP contribution in [0, 0.1) is 12.8 Å². The van der Waals surface area contributed by atoms with Crippen LogP contribution in [0.3, 0.4) is 0 Å². The molecule has 10 heteroatoms. The maximum Gasteiger partial charge on any atom is 0.261 e. The number of thiophene rings is 1. The molecule has 0 atom stereocenters. The Morgan fingerprint density at radius 3 is 2.68 bits per heavy atom. The molecule has 1 amide bonds. The fourth-order valence-corrected chi connectivity index (χ4v) is 6.04. The summed E-state index contributed by atoms with van der Waals surface area (Å²) in [4.78, 5) is 14.4. The van der Waals surface area contributed by atoms with Crippen LogP contribution < -0.4 is 5.32 Å². The van der Waals surface area contributed by atoms with E-state index in [1.807, 2.05) is 41.9 Å². The van der Waals surface area contributed by atoms with Crippen LogP contribution in [0.15, 0.2) is 30.3 Å². The minimum Gasteiger partial charge on any atom is -0.351 e. The monoisotopic (exact) mass is 480 g/mol. The maximum atomic E-state index is 12.8. The van der Waals surface area contributed by atoms with E-state index >= 15 is 0 Å². The molecule has 0 aliphatic carbocycles. The number of fused-ring (bicyclic) bond motifs is 1. The van der Waals surface area contributed by atoms with E-state index in [1.54, 1.807) is 0 Å². The smallest absolute Gasteiger partial charge is 0.261 e. The number of carbonyl (C=O) groups is 1. The Morgan fingerprint density at radius 2 is 2.00 bits per heavy atom. The molecule has 0 unspecified atom stereocenters. The van der Waals surface area contributed by atoms with Gasteiger partial charge in [0.05, 0.1) is 23.4 Å². The van der Waals surface area contributed by atoms with Crippen molar-refractivity contribution in [3.8, 4) is 0 Å². The molecule has 4 rings (SSSR count). The molecular weight excluding hydrogens is 456 g/mol. The van der Waals surface area contributed by atoms with Crippen molar-refractivity contribution in [2.45, 2.75) is 26.3 Å². The lowest BCUT2D eigenvalue weighted by molar-refractivity contribution is 0.0945. The molecule has 0 spiro atoms. The van der Waals surface area contributed by atoms with Gasteiger partial charge < -0.3 is 5.32 Å². The number of sulfonamides is 1. The third kappa shape index (κ3) is 4.95. The number of hydrogen-bond donors (Lipinski definition) is 1. The van der Waals surface area contributed by atoms with Crippen LogP contribution in [0.25, 0.3) is 10.2 Å². The van der Waals surface area contributed by atoms with Crippen molar-refractivity contribution in [3.05, 3.63) is 51.5 Å². The summed E-state index contributed by atoms with van der Waals surface area (Å²) in [6, 6.07) is 9.57. The number of carbonyl (C=O) groups excluding carboxylic acids is 1. The molecule has 166 valence electrons. The van der Waals surface area contributed by atoms with Crippen molar-refractivity contribution in [1.29, 1.82) is 0 Å². The first-order valence-corrected chi connectivity index (χ1v) is 13.2. The number of aromatic nitrogens is 2. The number of rotatable bonds is 6. The number of halogens is 1. The Morgan fingerprint density at radius 1 is 1.29 bits per heavy atom. The van der Waals surface area contributed by atoms with Gasteiger partial charge in [-0.2, -0.15) is 5.10 Å². The summed E-state index contributed by atoms with van der Waals surface area (Å²) < 4.78 is 26.7. The molecule has 0 saturated carbocycles. The maximum absolute atomic E-state index is 12.8. The van der Waals surface area contributed by atoms with Gasteiger partial charge in [0.15, 0.2) is 0 Å². The molecule has 1 saturated heterocycles. The topological polar surface area (TPSA) is 84.3 Å². The molecule has 1 N–H and O–H groups in total. The lowest BCUT2D eigenvalue weighted by atomic mass is 9.98. The van der Waals surface area contributed by atoms with E-state index in [1.165, 1.54) is 21.9 Å². The summed E-state index contributed by atoms with van der Waals surface area (Å²) >= 11 is 7.72. The molecule has 1 fully saturated rings. The van der Waals surface area contributed by atoms with Crippen LogP contribution in [0.4, 0.5) is 0 Å². The second-order valence-corrected chi connectivity index (χ2v) is 11.4. The average Bonchev–Trinajstić information content (AvgIpc) is 3.29. The molecule has 0 radical (unpaired) electrons. The van der Waals surface area contributed by atoms with E-state index in [9.17, 15) is 13.2 Å². The van der Waals surface area contributed by atoms with Crippen LogP contribution >= 0.6 is 22.9 Å². The number of hydrogen-bond acceptors (Lipinski definition) is 5. The first kappa shape index (κ1) is 22.3. The van der Waals surface area contributed by atoms with Crippen LogP contribution in [-0.2, 0) is 16.6 Å². The van der Waals surface area contributed by atoms with E-state index < -0.39 is 10.0 Å². The molecule has 1 aliphatic heterocycles. The zero-order valence-corrected chi connectivity index (χ0v) is 19.9. The van der Waals surface area contributed by atoms with Gasteiger partial charge in [-0.15, -0.1) is 11.3 Å². The molecular formula is C21H25ClN4O3S2. The lowest BCUT2D eigenvalue weighted by Crippen LogP contribution is -2.41. The van der Waals surface area contributed by atoms with Crippen LogP contribution in [0.5, 0.6) is 0 Å². The third-order valence-corrected chi connectivity index (χ3v) is 8.52. The standard InChI is InChI=1S/C21H25ClN4O3S2/c1-14-17-11-19(20(27)23-12-15-7-9-25(10-8-15)31(2,28)29)30-21(17)26(24-14)13-16-5-3-4-6-18(16)22/h3-6,11,15H,7-10,12-13H2,1-2H3,(H,23,27). The highest BCUT2D eigenvalue weighted by molar-refractivity contribution is 7.88. The Bertz CT molecular complexity index is 1210. The number of nitrogens with one attached hydrogen (secondary N) is 1. The van der Waals surface area contributed by atoms with E-state index in [2.05, 4.69) is 10.4 Å². The quantitative estimate of drug-likeness (QED) is 0.585. The highest BCUT2D eigenvalue weighted by Crippen LogP contribution is 2.30. The summed E-state index contributed by atoms with van der Waals surface area (Å²) in [6.45, 7) is 4.06. The second kappa shape index (κ2) is 8.90. The highest BCUT2D eigenvalue weighted by atomic mass is 35.5. The Hall–Kier alpha value is -1.94. The van der Waals surface area contributed by atoms with Crippen molar-refractivity contribution in [2.24, 2.45) is 5.92 Å². The van der Waals surface area contributed by atoms with Crippen molar-refractivity contribution >= 4 is 49.1 Å². The van der Waals surface area contributed by atoms with Crippen molar-refractivity contribution < 1.29 is 13.2 Å². The highest BCUT2D eigenvalue weighted by Gasteiger charge is 2.25. The normalized spacial score (nSPS) is 16.1. The van der Waals surface area contributed by atoms with Gasteiger partial charge in [-0.1, -0.05) is 29.8 Å². The van der Waals surface area contributed by atoms with Crippen LogP contribution in [-0.4, -0.2) is 54.3 Å². The van der Waals surface area contributed by atoms with Gasteiger partial charge in [-0.3, -0.25) is 9.48 Å². The zero-order valence-electron chi connectivity index (χ0n) is 17.5. The van der Waals surface area contributed by atoms with Crippen molar-refractivity contribution in [3.63, 3.8) is 0 Å². The zero-order chi connectivity index (χ0) is 22.2. The molecule has 0 bridgehead atoms. The summed E-state index contributed by atoms with van der Waals surface area (Å²) in [5.74, 6) is 0.184. The average molecular weight is 481 g/mol. The van der Waals surface area contributed by atoms with Crippen LogP contribution in [0.2, 0.25) is 5.02 Å². The molecule has 1 aromatic carbocycles. The number of nitrogens with zero attached hydrogens (tertiary/aromatic N) is 3. The van der Waals surface area contributed by atoms with Gasteiger partial charge in [0.1, 0.15) is 4.83 Å². The van der Waals surface area contributed by atoms with E-state index in [4.69, 9.17) is 11.6 Å². The number of piperidine rings is 1. The largest absolute Gasteiger partial charge is 0.351 e. The predicted molar refractivity (Wildman–Crippen MR) is 124 cm³/mol. The Kier molecular flexibility index (Phi) is 6.39. The predicted octanol–water partition coefficient (Wildman–Crippen LogP) is 3.51. The number of benzene rings is 1. The van der Waals surface area contributed by atoms with Gasteiger partial charge in [0, 0.05) is 30.0 Å². The first-order valence-electron chi connectivity index (χ1n) is 10.2. The van der Waals surface area contributed by atoms with Gasteiger partial charge in [-0.25, -0.2) is 12.7 Å². The Labute approximate surface area is 191 Å². The summed E-state index contributed by atoms with van der Waals surface area (Å²) in [6.07, 6.45) is 2.75. The Balaban J connectivity index is 1.42. The minimum atomic E-state index is -3.13. The SMILES string of the molecule is Cc1nn(Cc2ccccc2Cl)c2sc(C(=O)NCC3CCN(S(C)(=O)=O)CC3)cc12. The molecule has 7 nitrogen and oxygen atoms in total. The molecule has 2 aromatic heterocycles. The first-order chi connectivity index (χ1) is 14.7. The summed E-state index contributed by atoms with van der Waals surface area (Å²) in [5, 5.41) is 9.31. The molecule has 1 aliphatic rings. The molecule has 3 heterocycles. The fourth-order valence-electron chi connectivity index (χ4n) is 3.89. The summed E-state index contributed by atoms with van der Waals surface area (Å²) in [5.41, 5.74) is 1.86. The van der Waals surface area contributed by atoms with Gasteiger partial charge >= 0.3 is 0 Å².